The predicted molar refractivity (Wildman–Crippen MR) is 113 cm³/mol. The van der Waals surface area contributed by atoms with E-state index >= 15 is 0 Å². The van der Waals surface area contributed by atoms with E-state index in [1.807, 2.05) is 16.9 Å². The van der Waals surface area contributed by atoms with Crippen molar-refractivity contribution < 1.29 is 23.5 Å². The highest BCUT2D eigenvalue weighted by Gasteiger charge is 2.26. The molecular formula is C21H26FN7O4. The average Bonchev–Trinajstić information content (AvgIpc) is 3.44. The number of tetrazole rings is 1. The Morgan fingerprint density at radius 3 is 2.67 bits per heavy atom. The van der Waals surface area contributed by atoms with Gasteiger partial charge in [0.15, 0.2) is 11.6 Å². The second-order valence-electron chi connectivity index (χ2n) is 8.66. The zero-order valence-corrected chi connectivity index (χ0v) is 18.7. The highest BCUT2D eigenvalue weighted by Crippen LogP contribution is 2.24. The van der Waals surface area contributed by atoms with Gasteiger partial charge in [0.05, 0.1) is 17.4 Å². The van der Waals surface area contributed by atoms with E-state index < -0.39 is 17.6 Å². The number of benzene rings is 1. The molecule has 0 radical (unpaired) electrons. The van der Waals surface area contributed by atoms with Gasteiger partial charge in [0.2, 0.25) is 0 Å². The van der Waals surface area contributed by atoms with E-state index in [-0.39, 0.29) is 18.4 Å². The predicted octanol–water partition coefficient (Wildman–Crippen LogP) is 3.08. The van der Waals surface area contributed by atoms with Crippen LogP contribution in [-0.4, -0.2) is 59.9 Å². The Morgan fingerprint density at radius 2 is 2.00 bits per heavy atom. The number of hydrogen-bond acceptors (Lipinski definition) is 9. The molecule has 0 spiro atoms. The number of halogens is 1. The van der Waals surface area contributed by atoms with Crippen LogP contribution < -0.4 is 4.74 Å². The molecule has 1 fully saturated rings. The van der Waals surface area contributed by atoms with Gasteiger partial charge < -0.3 is 14.3 Å². The summed E-state index contributed by atoms with van der Waals surface area (Å²) < 4.78 is 28.4. The number of ether oxygens (including phenoxy) is 2. The summed E-state index contributed by atoms with van der Waals surface area (Å²) in [6.07, 6.45) is 4.09. The number of rotatable bonds is 6. The SMILES string of the molecule is CC(C)(C)OC(=O)ON1CCC(n2ccc(COc3ccc(-n4cnnn4)cc3F)n2)CC1. The smallest absolute Gasteiger partial charge is 0.484 e. The minimum Gasteiger partial charge on any atom is -0.484 e. The number of carbonyl (C=O) groups excluding carboxylic acids is 1. The molecule has 0 bridgehead atoms. The Kier molecular flexibility index (Phi) is 6.54. The number of nitrogens with zero attached hydrogens (tertiary/aromatic N) is 7. The van der Waals surface area contributed by atoms with Crippen LogP contribution in [0.4, 0.5) is 9.18 Å². The Bertz CT molecular complexity index is 1070. The van der Waals surface area contributed by atoms with E-state index in [1.54, 1.807) is 31.9 Å². The van der Waals surface area contributed by atoms with Crippen LogP contribution in [0, 0.1) is 5.82 Å². The molecule has 0 saturated carbocycles. The molecule has 0 atom stereocenters. The molecule has 3 heterocycles. The van der Waals surface area contributed by atoms with Gasteiger partial charge in [-0.1, -0.05) is 0 Å². The summed E-state index contributed by atoms with van der Waals surface area (Å²) in [6.45, 7) is 6.66. The number of hydrogen-bond donors (Lipinski definition) is 0. The standard InChI is InChI=1S/C21H26FN7O4/c1-21(2,3)32-20(30)33-27-9-7-16(8-10-27)28-11-6-15(24-28)13-31-19-5-4-17(12-18(19)22)29-14-23-25-26-29/h4-6,11-12,14,16H,7-10,13H2,1-3H3. The first-order valence-corrected chi connectivity index (χ1v) is 10.6. The van der Waals surface area contributed by atoms with Crippen LogP contribution in [0.2, 0.25) is 0 Å². The van der Waals surface area contributed by atoms with E-state index in [4.69, 9.17) is 14.3 Å². The molecule has 4 rings (SSSR count). The van der Waals surface area contributed by atoms with Crippen molar-refractivity contribution in [1.29, 1.82) is 0 Å². The maximum Gasteiger partial charge on any atom is 0.528 e. The second kappa shape index (κ2) is 9.53. The van der Waals surface area contributed by atoms with Crippen molar-refractivity contribution in [2.45, 2.75) is 51.9 Å². The number of piperidine rings is 1. The molecular weight excluding hydrogens is 433 g/mol. The van der Waals surface area contributed by atoms with Crippen LogP contribution in [0.15, 0.2) is 36.8 Å². The van der Waals surface area contributed by atoms with Crippen LogP contribution in [-0.2, 0) is 16.2 Å². The van der Waals surface area contributed by atoms with E-state index in [9.17, 15) is 9.18 Å². The first kappa shape index (κ1) is 22.6. The third-order valence-corrected chi connectivity index (χ3v) is 4.96. The fourth-order valence-corrected chi connectivity index (χ4v) is 3.41. The lowest BCUT2D eigenvalue weighted by Crippen LogP contribution is -2.38. The molecule has 12 heteroatoms. The van der Waals surface area contributed by atoms with Crippen molar-refractivity contribution >= 4 is 6.16 Å². The monoisotopic (exact) mass is 459 g/mol. The van der Waals surface area contributed by atoms with Crippen molar-refractivity contribution in [2.24, 2.45) is 0 Å². The van der Waals surface area contributed by atoms with Gasteiger partial charge in [0, 0.05) is 25.4 Å². The zero-order chi connectivity index (χ0) is 23.4. The van der Waals surface area contributed by atoms with Crippen molar-refractivity contribution in [3.63, 3.8) is 0 Å². The van der Waals surface area contributed by atoms with Gasteiger partial charge in [0.25, 0.3) is 0 Å². The maximum atomic E-state index is 14.4. The molecule has 0 aliphatic carbocycles. The molecule has 11 nitrogen and oxygen atoms in total. The minimum atomic E-state index is -0.697. The van der Waals surface area contributed by atoms with Crippen LogP contribution >= 0.6 is 0 Å². The fraction of sp³-hybridized carbons (Fsp3) is 0.476. The third kappa shape index (κ3) is 6.04. The third-order valence-electron chi connectivity index (χ3n) is 4.96. The Labute approximate surface area is 190 Å². The molecule has 2 aromatic heterocycles. The lowest BCUT2D eigenvalue weighted by atomic mass is 10.1. The molecule has 33 heavy (non-hydrogen) atoms. The molecule has 1 aliphatic rings. The van der Waals surface area contributed by atoms with Crippen molar-refractivity contribution in [3.8, 4) is 11.4 Å². The van der Waals surface area contributed by atoms with E-state index in [1.165, 1.54) is 23.1 Å². The minimum absolute atomic E-state index is 0.119. The van der Waals surface area contributed by atoms with Gasteiger partial charge in [-0.15, -0.1) is 10.2 Å². The topological polar surface area (TPSA) is 109 Å². The summed E-state index contributed by atoms with van der Waals surface area (Å²) in [5, 5.41) is 17.0. The quantitative estimate of drug-likeness (QED) is 0.514. The van der Waals surface area contributed by atoms with Crippen LogP contribution in [0.5, 0.6) is 5.75 Å². The molecule has 0 N–H and O–H groups in total. The highest BCUT2D eigenvalue weighted by atomic mass is 19.1. The summed E-state index contributed by atoms with van der Waals surface area (Å²) >= 11 is 0. The highest BCUT2D eigenvalue weighted by molar-refractivity contribution is 5.60. The van der Waals surface area contributed by atoms with E-state index in [0.29, 0.717) is 24.5 Å². The van der Waals surface area contributed by atoms with Crippen molar-refractivity contribution in [2.75, 3.05) is 13.1 Å². The Hall–Kier alpha value is -3.54. The van der Waals surface area contributed by atoms with Gasteiger partial charge >= 0.3 is 6.16 Å². The van der Waals surface area contributed by atoms with Gasteiger partial charge in [-0.3, -0.25) is 4.68 Å². The average molecular weight is 459 g/mol. The largest absolute Gasteiger partial charge is 0.528 e. The number of hydroxylamine groups is 2. The number of carbonyl (C=O) groups is 1. The maximum absolute atomic E-state index is 14.4. The van der Waals surface area contributed by atoms with Gasteiger partial charge in [-0.05, 0) is 62.2 Å². The summed E-state index contributed by atoms with van der Waals surface area (Å²) in [6, 6.07) is 6.52. The Morgan fingerprint density at radius 1 is 1.21 bits per heavy atom. The van der Waals surface area contributed by atoms with Crippen molar-refractivity contribution in [3.05, 3.63) is 48.3 Å². The first-order chi connectivity index (χ1) is 15.8. The first-order valence-electron chi connectivity index (χ1n) is 10.6. The van der Waals surface area contributed by atoms with Crippen LogP contribution in [0.3, 0.4) is 0 Å². The second-order valence-corrected chi connectivity index (χ2v) is 8.66. The van der Waals surface area contributed by atoms with Gasteiger partial charge in [-0.2, -0.15) is 5.10 Å². The molecule has 1 aliphatic heterocycles. The summed E-state index contributed by atoms with van der Waals surface area (Å²) in [5.41, 5.74) is 0.588. The van der Waals surface area contributed by atoms with Crippen molar-refractivity contribution in [1.82, 2.24) is 35.1 Å². The molecule has 3 aromatic rings. The van der Waals surface area contributed by atoms with Crippen LogP contribution in [0.1, 0.15) is 45.3 Å². The van der Waals surface area contributed by atoms with Crippen LogP contribution in [0.25, 0.3) is 5.69 Å². The van der Waals surface area contributed by atoms with Gasteiger partial charge in [0.1, 0.15) is 18.5 Å². The normalized spacial score (nSPS) is 15.4. The number of aromatic nitrogens is 6. The fourth-order valence-electron chi connectivity index (χ4n) is 3.41. The molecule has 0 amide bonds. The van der Waals surface area contributed by atoms with E-state index in [0.717, 1.165) is 12.8 Å². The van der Waals surface area contributed by atoms with E-state index in [2.05, 4.69) is 20.6 Å². The molecule has 176 valence electrons. The summed E-state index contributed by atoms with van der Waals surface area (Å²) in [5.74, 6) is -0.395. The lowest BCUT2D eigenvalue weighted by molar-refractivity contribution is -0.154. The molecule has 1 aromatic carbocycles. The molecule has 0 unspecified atom stereocenters. The zero-order valence-electron chi connectivity index (χ0n) is 18.7. The lowest BCUT2D eigenvalue weighted by Gasteiger charge is -2.31. The Balaban J connectivity index is 1.26. The molecule has 1 saturated heterocycles. The van der Waals surface area contributed by atoms with Gasteiger partial charge in [-0.25, -0.2) is 13.9 Å². The summed E-state index contributed by atoms with van der Waals surface area (Å²) in [4.78, 5) is 17.1. The summed E-state index contributed by atoms with van der Waals surface area (Å²) in [7, 11) is 0.